The third-order valence-corrected chi connectivity index (χ3v) is 2.60. The van der Waals surface area contributed by atoms with Crippen molar-refractivity contribution >= 4 is 13.2 Å². The zero-order valence-electron chi connectivity index (χ0n) is 9.14. The van der Waals surface area contributed by atoms with Crippen LogP contribution in [-0.2, 0) is 22.4 Å². The quantitative estimate of drug-likeness (QED) is 0.398. The van der Waals surface area contributed by atoms with Gasteiger partial charge in [-0.15, -0.1) is 0 Å². The van der Waals surface area contributed by atoms with Crippen molar-refractivity contribution in [3.63, 3.8) is 0 Å². The molecule has 2 heteroatoms. The van der Waals surface area contributed by atoms with E-state index in [0.717, 1.165) is 0 Å². The molecule has 1 aromatic carbocycles. The summed E-state index contributed by atoms with van der Waals surface area (Å²) < 4.78 is 0. The Morgan fingerprint density at radius 2 is 1.23 bits per heavy atom. The average molecular weight is 380 g/mol. The molecular weight excluding hydrogens is 360 g/mol. The number of rotatable bonds is 1. The van der Waals surface area contributed by atoms with E-state index >= 15 is 0 Å². The summed E-state index contributed by atoms with van der Waals surface area (Å²) in [6.07, 6.45) is 0. The van der Waals surface area contributed by atoms with E-state index in [2.05, 4.69) is 43.7 Å². The monoisotopic (exact) mass is 380 g/mol. The van der Waals surface area contributed by atoms with Crippen LogP contribution < -0.4 is 5.30 Å². The first-order valence-electron chi connectivity index (χ1n) is 3.03. The molecule has 0 saturated carbocycles. The largest absolute Gasteiger partial charge is 3.00 e. The summed E-state index contributed by atoms with van der Waals surface area (Å²) in [7, 11) is 0.104. The van der Waals surface area contributed by atoms with Crippen LogP contribution in [0.4, 0.5) is 0 Å². The van der Waals surface area contributed by atoms with E-state index in [1.54, 1.807) is 0 Å². The van der Waals surface area contributed by atoms with Crippen LogP contribution in [0.3, 0.4) is 0 Å². The Balaban J connectivity index is -0.000000101. The molecule has 0 N–H and O–H groups in total. The van der Waals surface area contributed by atoms with Crippen molar-refractivity contribution in [2.75, 3.05) is 13.3 Å². The number of hydrogen-bond donors (Lipinski definition) is 0. The molecule has 0 fully saturated rings. The Kier molecular flexibility index (Phi) is 22.2. The number of benzene rings is 1. The molecular formula is C11H20AuP. The first kappa shape index (κ1) is 23.3. The second-order valence-corrected chi connectivity index (χ2v) is 4.54. The summed E-state index contributed by atoms with van der Waals surface area (Å²) in [5.41, 5.74) is 0. The van der Waals surface area contributed by atoms with Crippen molar-refractivity contribution in [1.82, 2.24) is 0 Å². The molecule has 0 radical (unpaired) electrons. The normalized spacial score (nSPS) is 7.00. The predicted octanol–water partition coefficient (Wildman–Crippen LogP) is 3.40. The van der Waals surface area contributed by atoms with Crippen molar-refractivity contribution < 1.29 is 22.4 Å². The molecule has 0 atom stereocenters. The van der Waals surface area contributed by atoms with E-state index in [1.165, 1.54) is 5.30 Å². The maximum Gasteiger partial charge on any atom is 3.00 e. The SMILES string of the molecule is CP(C)c1ccccc1.[Au+3].[CH3-].[CH3-].[CH3-]. The van der Waals surface area contributed by atoms with Crippen molar-refractivity contribution in [2.45, 2.75) is 0 Å². The van der Waals surface area contributed by atoms with E-state index in [-0.39, 0.29) is 52.6 Å². The summed E-state index contributed by atoms with van der Waals surface area (Å²) in [6, 6.07) is 10.6. The molecule has 0 saturated heterocycles. The van der Waals surface area contributed by atoms with Crippen molar-refractivity contribution in [3.05, 3.63) is 52.6 Å². The molecule has 0 bridgehead atoms. The van der Waals surface area contributed by atoms with Gasteiger partial charge in [0.25, 0.3) is 0 Å². The van der Waals surface area contributed by atoms with Crippen molar-refractivity contribution in [2.24, 2.45) is 0 Å². The van der Waals surface area contributed by atoms with Gasteiger partial charge in [-0.3, -0.25) is 0 Å². The van der Waals surface area contributed by atoms with Gasteiger partial charge in [-0.05, 0) is 18.6 Å². The fourth-order valence-corrected chi connectivity index (χ4v) is 1.49. The molecule has 13 heavy (non-hydrogen) atoms. The second-order valence-electron chi connectivity index (χ2n) is 2.23. The van der Waals surface area contributed by atoms with Gasteiger partial charge in [-0.1, -0.05) is 38.3 Å². The molecule has 0 aliphatic heterocycles. The van der Waals surface area contributed by atoms with Gasteiger partial charge in [0.15, 0.2) is 0 Å². The first-order chi connectivity index (χ1) is 4.30. The van der Waals surface area contributed by atoms with Crippen molar-refractivity contribution in [3.8, 4) is 0 Å². The van der Waals surface area contributed by atoms with Gasteiger partial charge in [0.05, 0.1) is 0 Å². The molecule has 0 aromatic heterocycles. The van der Waals surface area contributed by atoms with Crippen LogP contribution in [0.5, 0.6) is 0 Å². The Morgan fingerprint density at radius 1 is 0.846 bits per heavy atom. The minimum absolute atomic E-state index is 0. The molecule has 1 rings (SSSR count). The smallest absolute Gasteiger partial charge is 0.358 e. The van der Waals surface area contributed by atoms with Gasteiger partial charge in [-0.25, -0.2) is 0 Å². The van der Waals surface area contributed by atoms with Gasteiger partial charge in [-0.2, -0.15) is 0 Å². The Hall–Kier alpha value is 0.390. The first-order valence-corrected chi connectivity index (χ1v) is 5.26. The van der Waals surface area contributed by atoms with Crippen LogP contribution in [0.25, 0.3) is 0 Å². The van der Waals surface area contributed by atoms with Gasteiger partial charge >= 0.3 is 22.4 Å². The molecule has 80 valence electrons. The van der Waals surface area contributed by atoms with E-state index in [9.17, 15) is 0 Å². The minimum Gasteiger partial charge on any atom is -0.358 e. The van der Waals surface area contributed by atoms with E-state index in [1.807, 2.05) is 0 Å². The molecule has 1 aromatic rings. The van der Waals surface area contributed by atoms with Gasteiger partial charge in [0.1, 0.15) is 0 Å². The average Bonchev–Trinajstić information content (AvgIpc) is 1.90. The fraction of sp³-hybridized carbons (Fsp3) is 0.182. The van der Waals surface area contributed by atoms with E-state index in [4.69, 9.17) is 0 Å². The Bertz CT molecular complexity index is 173. The van der Waals surface area contributed by atoms with E-state index in [0.29, 0.717) is 0 Å². The van der Waals surface area contributed by atoms with Gasteiger partial charge in [0.2, 0.25) is 0 Å². The van der Waals surface area contributed by atoms with Crippen molar-refractivity contribution in [1.29, 1.82) is 0 Å². The zero-order chi connectivity index (χ0) is 6.69. The molecule has 0 aliphatic carbocycles. The van der Waals surface area contributed by atoms with Crippen LogP contribution >= 0.6 is 7.92 Å². The summed E-state index contributed by atoms with van der Waals surface area (Å²) in [4.78, 5) is 0. The zero-order valence-corrected chi connectivity index (χ0v) is 12.2. The summed E-state index contributed by atoms with van der Waals surface area (Å²) >= 11 is 0. The molecule has 0 spiro atoms. The summed E-state index contributed by atoms with van der Waals surface area (Å²) in [6.45, 7) is 4.54. The predicted molar refractivity (Wildman–Crippen MR) is 64.1 cm³/mol. The topological polar surface area (TPSA) is 0 Å². The van der Waals surface area contributed by atoms with Crippen LogP contribution in [0.1, 0.15) is 0 Å². The van der Waals surface area contributed by atoms with E-state index < -0.39 is 0 Å². The van der Waals surface area contributed by atoms with Crippen LogP contribution in [0.15, 0.2) is 30.3 Å². The summed E-state index contributed by atoms with van der Waals surface area (Å²) in [5.74, 6) is 0. The Morgan fingerprint density at radius 3 is 1.46 bits per heavy atom. The molecule has 0 unspecified atom stereocenters. The Labute approximate surface area is 101 Å². The third kappa shape index (κ3) is 8.71. The van der Waals surface area contributed by atoms with Gasteiger partial charge < -0.3 is 22.3 Å². The molecule has 0 amide bonds. The van der Waals surface area contributed by atoms with Crippen LogP contribution in [-0.4, -0.2) is 13.3 Å². The maximum absolute atomic E-state index is 2.27. The standard InChI is InChI=1S/C8H11P.3CH3.Au/c1-9(2)8-6-4-3-5-7-8;;;;/h3-7H,1-2H3;3*1H3;/q;3*-1;+3. The van der Waals surface area contributed by atoms with Crippen LogP contribution in [0.2, 0.25) is 0 Å². The fourth-order valence-electron chi connectivity index (χ4n) is 0.726. The molecule has 0 aliphatic rings. The third-order valence-electron chi connectivity index (χ3n) is 1.27. The number of hydrogen-bond acceptors (Lipinski definition) is 0. The van der Waals surface area contributed by atoms with Gasteiger partial charge in [0, 0.05) is 0 Å². The van der Waals surface area contributed by atoms with Crippen LogP contribution in [0, 0.1) is 22.3 Å². The summed E-state index contributed by atoms with van der Waals surface area (Å²) in [5, 5.41) is 1.48. The molecule has 0 nitrogen and oxygen atoms in total. The molecule has 0 heterocycles. The minimum atomic E-state index is 0. The maximum atomic E-state index is 2.27. The second kappa shape index (κ2) is 12.4.